The minimum Gasteiger partial charge on any atom is -0.444 e. The predicted octanol–water partition coefficient (Wildman–Crippen LogP) is 2.20. The largest absolute Gasteiger partial charge is 0.444 e. The van der Waals surface area contributed by atoms with Gasteiger partial charge in [-0.15, -0.1) is 0 Å². The SMILES string of the molecule is CN=C(NCC(CC(C)C)N1CCOCC1)NCC(C)(C)NC(=O)OC(C)(C)C. The Morgan fingerprint density at radius 1 is 1.14 bits per heavy atom. The van der Waals surface area contributed by atoms with Crippen LogP contribution in [0.25, 0.3) is 0 Å². The molecule has 1 unspecified atom stereocenters. The van der Waals surface area contributed by atoms with E-state index >= 15 is 0 Å². The molecule has 0 aromatic carbocycles. The Hall–Kier alpha value is -1.54. The smallest absolute Gasteiger partial charge is 0.408 e. The van der Waals surface area contributed by atoms with Gasteiger partial charge in [0.2, 0.25) is 0 Å². The molecule has 1 atom stereocenters. The van der Waals surface area contributed by atoms with Gasteiger partial charge in [0, 0.05) is 39.3 Å². The number of morpholine rings is 1. The van der Waals surface area contributed by atoms with E-state index in [0.29, 0.717) is 18.5 Å². The predicted molar refractivity (Wildman–Crippen MR) is 118 cm³/mol. The summed E-state index contributed by atoms with van der Waals surface area (Å²) >= 11 is 0. The highest BCUT2D eigenvalue weighted by Gasteiger charge is 2.25. The van der Waals surface area contributed by atoms with Gasteiger partial charge in [-0.25, -0.2) is 4.79 Å². The molecule has 0 spiro atoms. The Labute approximate surface area is 177 Å². The molecule has 0 aromatic rings. The molecule has 1 rings (SSSR count). The zero-order valence-electron chi connectivity index (χ0n) is 19.7. The molecule has 1 heterocycles. The zero-order valence-corrected chi connectivity index (χ0v) is 19.7. The summed E-state index contributed by atoms with van der Waals surface area (Å²) in [4.78, 5) is 18.9. The van der Waals surface area contributed by atoms with Gasteiger partial charge in [-0.3, -0.25) is 9.89 Å². The Morgan fingerprint density at radius 2 is 1.76 bits per heavy atom. The highest BCUT2D eigenvalue weighted by Crippen LogP contribution is 2.13. The first-order chi connectivity index (χ1) is 13.4. The van der Waals surface area contributed by atoms with Gasteiger partial charge in [0.15, 0.2) is 5.96 Å². The minimum atomic E-state index is -0.518. The van der Waals surface area contributed by atoms with Crippen molar-refractivity contribution in [1.82, 2.24) is 20.9 Å². The lowest BCUT2D eigenvalue weighted by molar-refractivity contribution is 0.0132. The molecule has 0 radical (unpaired) electrons. The van der Waals surface area contributed by atoms with Gasteiger partial charge in [0.1, 0.15) is 5.60 Å². The first-order valence-electron chi connectivity index (χ1n) is 10.7. The van der Waals surface area contributed by atoms with Crippen molar-refractivity contribution >= 4 is 12.1 Å². The Kier molecular flexibility index (Phi) is 10.2. The highest BCUT2D eigenvalue weighted by atomic mass is 16.6. The van der Waals surface area contributed by atoms with Gasteiger partial charge in [0.25, 0.3) is 0 Å². The van der Waals surface area contributed by atoms with Crippen LogP contribution in [0.3, 0.4) is 0 Å². The van der Waals surface area contributed by atoms with Crippen LogP contribution in [0.1, 0.15) is 54.9 Å². The van der Waals surface area contributed by atoms with E-state index < -0.39 is 17.2 Å². The molecule has 8 heteroatoms. The molecular formula is C21H43N5O3. The minimum absolute atomic E-state index is 0.420. The first kappa shape index (κ1) is 25.5. The second-order valence-electron chi connectivity index (χ2n) is 9.75. The van der Waals surface area contributed by atoms with Crippen LogP contribution in [0.15, 0.2) is 4.99 Å². The van der Waals surface area contributed by atoms with Gasteiger partial charge >= 0.3 is 6.09 Å². The molecule has 1 aliphatic rings. The number of rotatable bonds is 8. The number of carbonyl (C=O) groups excluding carboxylic acids is 1. The number of amides is 1. The van der Waals surface area contributed by atoms with Crippen molar-refractivity contribution in [2.75, 3.05) is 46.4 Å². The summed E-state index contributed by atoms with van der Waals surface area (Å²) < 4.78 is 10.8. The normalized spacial score (nSPS) is 17.8. The zero-order chi connectivity index (χ0) is 22.1. The van der Waals surface area contributed by atoms with Crippen LogP contribution in [0.4, 0.5) is 4.79 Å². The van der Waals surface area contributed by atoms with Crippen molar-refractivity contribution in [3.63, 3.8) is 0 Å². The van der Waals surface area contributed by atoms with E-state index in [2.05, 4.69) is 39.7 Å². The van der Waals surface area contributed by atoms with Crippen molar-refractivity contribution in [3.05, 3.63) is 0 Å². The fraction of sp³-hybridized carbons (Fsp3) is 0.905. The van der Waals surface area contributed by atoms with Crippen molar-refractivity contribution in [2.24, 2.45) is 10.9 Å². The van der Waals surface area contributed by atoms with Crippen molar-refractivity contribution in [2.45, 2.75) is 72.1 Å². The fourth-order valence-electron chi connectivity index (χ4n) is 3.21. The van der Waals surface area contributed by atoms with E-state index in [4.69, 9.17) is 9.47 Å². The summed E-state index contributed by atoms with van der Waals surface area (Å²) in [7, 11) is 1.76. The maximum Gasteiger partial charge on any atom is 0.408 e. The van der Waals surface area contributed by atoms with Crippen LogP contribution in [-0.2, 0) is 9.47 Å². The standard InChI is InChI=1S/C21H43N5O3/c1-16(2)13-17(26-9-11-28-12-10-26)14-23-18(22-8)24-15-21(6,7)25-19(27)29-20(3,4)5/h16-17H,9-15H2,1-8H3,(H,25,27)(H2,22,23,24). The molecule has 8 nitrogen and oxygen atoms in total. The third-order valence-corrected chi connectivity index (χ3v) is 4.57. The van der Waals surface area contributed by atoms with E-state index in [1.165, 1.54) is 0 Å². The number of nitrogens with one attached hydrogen (secondary N) is 3. The summed E-state index contributed by atoms with van der Waals surface area (Å²) in [6, 6.07) is 0.436. The molecule has 0 bridgehead atoms. The lowest BCUT2D eigenvalue weighted by Crippen LogP contribution is -2.55. The molecule has 29 heavy (non-hydrogen) atoms. The molecular weight excluding hydrogens is 370 g/mol. The average molecular weight is 414 g/mol. The van der Waals surface area contributed by atoms with Crippen LogP contribution in [0.5, 0.6) is 0 Å². The number of aliphatic imine (C=N–C) groups is 1. The van der Waals surface area contributed by atoms with Gasteiger partial charge in [-0.2, -0.15) is 0 Å². The second-order valence-corrected chi connectivity index (χ2v) is 9.75. The molecule has 0 aliphatic carbocycles. The van der Waals surface area contributed by atoms with Crippen LogP contribution in [-0.4, -0.2) is 80.6 Å². The van der Waals surface area contributed by atoms with Crippen LogP contribution in [0, 0.1) is 5.92 Å². The summed E-state index contributed by atoms with van der Waals surface area (Å²) in [6.45, 7) is 18.9. The van der Waals surface area contributed by atoms with E-state index in [9.17, 15) is 4.79 Å². The van der Waals surface area contributed by atoms with Gasteiger partial charge < -0.3 is 25.4 Å². The first-order valence-corrected chi connectivity index (χ1v) is 10.7. The number of guanidine groups is 1. The number of hydrogen-bond donors (Lipinski definition) is 3. The quantitative estimate of drug-likeness (QED) is 0.418. The average Bonchev–Trinajstić information content (AvgIpc) is 2.59. The lowest BCUT2D eigenvalue weighted by Gasteiger charge is -2.36. The summed E-state index contributed by atoms with van der Waals surface area (Å²) in [5, 5.41) is 9.67. The van der Waals surface area contributed by atoms with E-state index in [-0.39, 0.29) is 0 Å². The number of carbonyl (C=O) groups is 1. The molecule has 0 saturated carbocycles. The number of hydrogen-bond acceptors (Lipinski definition) is 5. The van der Waals surface area contributed by atoms with Crippen LogP contribution in [0.2, 0.25) is 0 Å². The van der Waals surface area contributed by atoms with Crippen molar-refractivity contribution in [3.8, 4) is 0 Å². The number of ether oxygens (including phenoxy) is 2. The Morgan fingerprint density at radius 3 is 2.28 bits per heavy atom. The van der Waals surface area contributed by atoms with Crippen molar-refractivity contribution < 1.29 is 14.3 Å². The highest BCUT2D eigenvalue weighted by molar-refractivity contribution is 5.79. The van der Waals surface area contributed by atoms with Crippen LogP contribution < -0.4 is 16.0 Å². The Balaban J connectivity index is 2.53. The maximum absolute atomic E-state index is 12.1. The van der Waals surface area contributed by atoms with Gasteiger partial charge in [0.05, 0.1) is 18.8 Å². The molecule has 170 valence electrons. The third-order valence-electron chi connectivity index (χ3n) is 4.57. The molecule has 3 N–H and O–H groups in total. The Bertz CT molecular complexity index is 523. The third kappa shape index (κ3) is 11.3. The summed E-state index contributed by atoms with van der Waals surface area (Å²) in [6.07, 6.45) is 0.701. The molecule has 0 aromatic heterocycles. The van der Waals surface area contributed by atoms with Gasteiger partial charge in [-0.05, 0) is 47.0 Å². The van der Waals surface area contributed by atoms with Crippen LogP contribution >= 0.6 is 0 Å². The number of alkyl carbamates (subject to hydrolysis) is 1. The molecule has 1 aliphatic heterocycles. The fourth-order valence-corrected chi connectivity index (χ4v) is 3.21. The lowest BCUT2D eigenvalue weighted by atomic mass is 10.0. The molecule has 1 saturated heterocycles. The maximum atomic E-state index is 12.1. The monoisotopic (exact) mass is 413 g/mol. The topological polar surface area (TPSA) is 87.2 Å². The summed E-state index contributed by atoms with van der Waals surface area (Å²) in [5.41, 5.74) is -1.00. The summed E-state index contributed by atoms with van der Waals surface area (Å²) in [5.74, 6) is 1.35. The van der Waals surface area contributed by atoms with E-state index in [1.54, 1.807) is 7.05 Å². The molecule has 1 fully saturated rings. The van der Waals surface area contributed by atoms with Gasteiger partial charge in [-0.1, -0.05) is 13.8 Å². The van der Waals surface area contributed by atoms with Crippen molar-refractivity contribution in [1.29, 1.82) is 0 Å². The second kappa shape index (κ2) is 11.6. The van der Waals surface area contributed by atoms with E-state index in [0.717, 1.165) is 45.2 Å². The van der Waals surface area contributed by atoms with E-state index in [1.807, 2.05) is 34.6 Å². The number of nitrogens with zero attached hydrogens (tertiary/aromatic N) is 2. The molecule has 1 amide bonds.